The van der Waals surface area contributed by atoms with Gasteiger partial charge in [-0.15, -0.1) is 0 Å². The topological polar surface area (TPSA) is 103 Å². The largest absolute Gasteiger partial charge is 0.355 e. The summed E-state index contributed by atoms with van der Waals surface area (Å²) in [7, 11) is 0. The van der Waals surface area contributed by atoms with Crippen molar-refractivity contribution in [2.45, 2.75) is 0 Å². The molecule has 35 heavy (non-hydrogen) atoms. The van der Waals surface area contributed by atoms with Crippen molar-refractivity contribution in [3.05, 3.63) is 115 Å². The van der Waals surface area contributed by atoms with Gasteiger partial charge in [0, 0.05) is 63.4 Å². The van der Waals surface area contributed by atoms with E-state index in [1.807, 2.05) is 66.7 Å². The lowest BCUT2D eigenvalue weighted by atomic mass is 10.1. The van der Waals surface area contributed by atoms with Crippen LogP contribution < -0.4 is 16.0 Å². The van der Waals surface area contributed by atoms with E-state index in [1.165, 1.54) is 0 Å². The third-order valence-corrected chi connectivity index (χ3v) is 5.42. The summed E-state index contributed by atoms with van der Waals surface area (Å²) in [5.74, 6) is -0.193. The summed E-state index contributed by atoms with van der Waals surface area (Å²) in [6, 6.07) is 28.2. The number of anilines is 5. The minimum atomic E-state index is -0.193. The molecule has 0 saturated carbocycles. The van der Waals surface area contributed by atoms with Gasteiger partial charge in [0.1, 0.15) is 11.8 Å². The van der Waals surface area contributed by atoms with Crippen molar-refractivity contribution in [2.75, 3.05) is 16.0 Å². The van der Waals surface area contributed by atoms with Gasteiger partial charge in [-0.1, -0.05) is 12.1 Å². The van der Waals surface area contributed by atoms with Crippen molar-refractivity contribution in [1.29, 1.82) is 5.26 Å². The Morgan fingerprint density at radius 1 is 0.771 bits per heavy atom. The molecular formula is C28H20N6O. The Morgan fingerprint density at radius 2 is 1.43 bits per heavy atom. The monoisotopic (exact) mass is 456 g/mol. The smallest absolute Gasteiger partial charge is 0.255 e. The van der Waals surface area contributed by atoms with E-state index in [0.717, 1.165) is 33.5 Å². The van der Waals surface area contributed by atoms with E-state index in [0.29, 0.717) is 16.9 Å². The van der Waals surface area contributed by atoms with Crippen molar-refractivity contribution in [1.82, 2.24) is 9.97 Å². The number of carbonyl (C=O) groups excluding carboxylic acids is 1. The van der Waals surface area contributed by atoms with Gasteiger partial charge in [-0.05, 0) is 72.8 Å². The van der Waals surface area contributed by atoms with Crippen molar-refractivity contribution in [3.63, 3.8) is 0 Å². The Kier molecular flexibility index (Phi) is 6.01. The predicted molar refractivity (Wildman–Crippen MR) is 138 cm³/mol. The maximum Gasteiger partial charge on any atom is 0.255 e. The van der Waals surface area contributed by atoms with E-state index >= 15 is 0 Å². The van der Waals surface area contributed by atoms with Gasteiger partial charge in [0.05, 0.1) is 0 Å². The fourth-order valence-corrected chi connectivity index (χ4v) is 3.64. The molecule has 7 nitrogen and oxygen atoms in total. The molecule has 0 fully saturated rings. The lowest BCUT2D eigenvalue weighted by Crippen LogP contribution is -2.11. The Labute approximate surface area is 202 Å². The molecule has 0 saturated heterocycles. The number of aromatic nitrogens is 2. The van der Waals surface area contributed by atoms with E-state index in [9.17, 15) is 4.79 Å². The number of nitrogens with zero attached hydrogens (tertiary/aromatic N) is 3. The SMILES string of the molecule is N#Cc1cc2c(Nc3ccc(C(=O)Nc4ccc(Nc5ccncc5)cc4)cc3)cccc2cn1. The summed E-state index contributed by atoms with van der Waals surface area (Å²) in [5.41, 5.74) is 5.15. The zero-order valence-corrected chi connectivity index (χ0v) is 18.6. The Morgan fingerprint density at radius 3 is 2.17 bits per heavy atom. The zero-order valence-electron chi connectivity index (χ0n) is 18.6. The summed E-state index contributed by atoms with van der Waals surface area (Å²) in [6.45, 7) is 0. The van der Waals surface area contributed by atoms with Gasteiger partial charge >= 0.3 is 0 Å². The molecule has 3 aromatic carbocycles. The van der Waals surface area contributed by atoms with Crippen molar-refractivity contribution >= 4 is 45.1 Å². The van der Waals surface area contributed by atoms with Crippen LogP contribution in [0.5, 0.6) is 0 Å². The van der Waals surface area contributed by atoms with Crippen molar-refractivity contribution < 1.29 is 4.79 Å². The summed E-state index contributed by atoms with van der Waals surface area (Å²) >= 11 is 0. The second-order valence-electron chi connectivity index (χ2n) is 7.80. The molecule has 0 atom stereocenters. The molecular weight excluding hydrogens is 436 g/mol. The van der Waals surface area contributed by atoms with Gasteiger partial charge in [-0.3, -0.25) is 9.78 Å². The summed E-state index contributed by atoms with van der Waals surface area (Å²) in [6.07, 6.45) is 5.14. The number of fused-ring (bicyclic) bond motifs is 1. The molecule has 5 aromatic rings. The third kappa shape index (κ3) is 5.07. The Balaban J connectivity index is 1.25. The van der Waals surface area contributed by atoms with Gasteiger partial charge in [-0.25, -0.2) is 4.98 Å². The summed E-state index contributed by atoms with van der Waals surface area (Å²) < 4.78 is 0. The number of hydrogen-bond acceptors (Lipinski definition) is 6. The average molecular weight is 457 g/mol. The van der Waals surface area contributed by atoms with Gasteiger partial charge in [0.25, 0.3) is 5.91 Å². The Bertz CT molecular complexity index is 1520. The lowest BCUT2D eigenvalue weighted by Gasteiger charge is -2.11. The van der Waals surface area contributed by atoms with Crippen LogP contribution in [0.15, 0.2) is 104 Å². The summed E-state index contributed by atoms with van der Waals surface area (Å²) in [5, 5.41) is 20.6. The molecule has 3 N–H and O–H groups in total. The van der Waals surface area contributed by atoms with Crippen molar-refractivity contribution in [3.8, 4) is 6.07 Å². The lowest BCUT2D eigenvalue weighted by molar-refractivity contribution is 0.102. The molecule has 0 aliphatic carbocycles. The number of carbonyl (C=O) groups is 1. The molecule has 0 aliphatic heterocycles. The fraction of sp³-hybridized carbons (Fsp3) is 0. The van der Waals surface area contributed by atoms with Gasteiger partial charge in [0.15, 0.2) is 0 Å². The van der Waals surface area contributed by atoms with Gasteiger partial charge in [0.2, 0.25) is 0 Å². The van der Waals surface area contributed by atoms with E-state index in [1.54, 1.807) is 36.8 Å². The molecule has 168 valence electrons. The van der Waals surface area contributed by atoms with Crippen LogP contribution in [-0.4, -0.2) is 15.9 Å². The minimum absolute atomic E-state index is 0.193. The van der Waals surface area contributed by atoms with Gasteiger partial charge < -0.3 is 16.0 Å². The molecule has 7 heteroatoms. The molecule has 2 heterocycles. The molecule has 1 amide bonds. The minimum Gasteiger partial charge on any atom is -0.355 e. The van der Waals surface area contributed by atoms with Crippen LogP contribution in [0.25, 0.3) is 10.8 Å². The zero-order chi connectivity index (χ0) is 24.0. The van der Waals surface area contributed by atoms with E-state index in [2.05, 4.69) is 32.0 Å². The summed E-state index contributed by atoms with van der Waals surface area (Å²) in [4.78, 5) is 20.8. The van der Waals surface area contributed by atoms with E-state index < -0.39 is 0 Å². The number of nitrogens with one attached hydrogen (secondary N) is 3. The van der Waals surface area contributed by atoms with Crippen molar-refractivity contribution in [2.24, 2.45) is 0 Å². The molecule has 0 aliphatic rings. The first-order chi connectivity index (χ1) is 17.2. The third-order valence-electron chi connectivity index (χ3n) is 5.42. The Hall–Kier alpha value is -5.22. The molecule has 0 bridgehead atoms. The van der Waals surface area contributed by atoms with E-state index in [-0.39, 0.29) is 5.91 Å². The first-order valence-electron chi connectivity index (χ1n) is 10.9. The van der Waals surface area contributed by atoms with Crippen LogP contribution >= 0.6 is 0 Å². The second kappa shape index (κ2) is 9.73. The number of nitriles is 1. The molecule has 0 spiro atoms. The predicted octanol–water partition coefficient (Wildman–Crippen LogP) is 6.24. The highest BCUT2D eigenvalue weighted by atomic mass is 16.1. The molecule has 0 radical (unpaired) electrons. The second-order valence-corrected chi connectivity index (χ2v) is 7.80. The average Bonchev–Trinajstić information content (AvgIpc) is 2.91. The number of benzene rings is 3. The van der Waals surface area contributed by atoms with E-state index in [4.69, 9.17) is 5.26 Å². The van der Waals surface area contributed by atoms with Crippen LogP contribution in [-0.2, 0) is 0 Å². The van der Waals surface area contributed by atoms with Crippen LogP contribution in [0.4, 0.5) is 28.4 Å². The number of hydrogen-bond donors (Lipinski definition) is 3. The normalized spacial score (nSPS) is 10.4. The van der Waals surface area contributed by atoms with Crippen LogP contribution in [0.1, 0.15) is 16.1 Å². The highest BCUT2D eigenvalue weighted by Gasteiger charge is 2.08. The highest BCUT2D eigenvalue weighted by molar-refractivity contribution is 6.04. The maximum absolute atomic E-state index is 12.7. The maximum atomic E-state index is 12.7. The quantitative estimate of drug-likeness (QED) is 0.279. The number of amides is 1. The standard InChI is InChI=1S/C28H20N6O/c29-17-25-16-26-20(18-31-25)2-1-3-27(26)33-22-6-4-19(5-7-22)28(35)34-23-10-8-21(9-11-23)32-24-12-14-30-15-13-24/h1-16,18,33H,(H,30,32)(H,34,35). The van der Waals surface area contributed by atoms with Gasteiger partial charge in [-0.2, -0.15) is 5.26 Å². The first-order valence-corrected chi connectivity index (χ1v) is 10.9. The fourth-order valence-electron chi connectivity index (χ4n) is 3.64. The van der Waals surface area contributed by atoms with Crippen LogP contribution in [0.2, 0.25) is 0 Å². The number of pyridine rings is 2. The molecule has 0 unspecified atom stereocenters. The molecule has 5 rings (SSSR count). The highest BCUT2D eigenvalue weighted by Crippen LogP contribution is 2.27. The van der Waals surface area contributed by atoms with Crippen LogP contribution in [0, 0.1) is 11.3 Å². The first kappa shape index (κ1) is 21.6. The van der Waals surface area contributed by atoms with Crippen LogP contribution in [0.3, 0.4) is 0 Å². The molecule has 2 aromatic heterocycles. The number of rotatable bonds is 6.